The normalized spacial score (nSPS) is 15.1. The minimum atomic E-state index is -3.95. The lowest BCUT2D eigenvalue weighted by atomic mass is 10.1. The third-order valence-corrected chi connectivity index (χ3v) is 8.33. The third-order valence-electron chi connectivity index (χ3n) is 5.79. The summed E-state index contributed by atoms with van der Waals surface area (Å²) in [5, 5.41) is 14.1. The second-order valence-corrected chi connectivity index (χ2v) is 10.9. The van der Waals surface area contributed by atoms with Gasteiger partial charge in [0, 0.05) is 12.1 Å². The maximum absolute atomic E-state index is 13.2. The van der Waals surface area contributed by atoms with Crippen LogP contribution in [-0.4, -0.2) is 31.7 Å². The molecule has 0 spiro atoms. The molecule has 1 heterocycles. The Bertz CT molecular complexity index is 1220. The largest absolute Gasteiger partial charge is 0.508 e. The Balaban J connectivity index is 1.63. The highest BCUT2D eigenvalue weighted by molar-refractivity contribution is 7.92. The molecule has 176 valence electrons. The molecule has 7 nitrogen and oxygen atoms in total. The van der Waals surface area contributed by atoms with Crippen molar-refractivity contribution in [2.24, 2.45) is 0 Å². The Labute approximate surface area is 198 Å². The van der Waals surface area contributed by atoms with E-state index < -0.39 is 10.0 Å². The molecule has 0 saturated heterocycles. The van der Waals surface area contributed by atoms with Gasteiger partial charge in [0.15, 0.2) is 5.13 Å². The lowest BCUT2D eigenvalue weighted by Gasteiger charge is -2.14. The number of phenols is 1. The molecule has 3 N–H and O–H groups in total. The van der Waals surface area contributed by atoms with Crippen molar-refractivity contribution in [1.82, 2.24) is 4.98 Å². The summed E-state index contributed by atoms with van der Waals surface area (Å²) in [5.41, 5.74) is 1.88. The van der Waals surface area contributed by atoms with Gasteiger partial charge >= 0.3 is 0 Å². The lowest BCUT2D eigenvalue weighted by Crippen LogP contribution is -2.17. The van der Waals surface area contributed by atoms with E-state index in [2.05, 4.69) is 10.0 Å². The Morgan fingerprint density at radius 2 is 1.85 bits per heavy atom. The van der Waals surface area contributed by atoms with E-state index in [1.54, 1.807) is 35.6 Å². The molecule has 9 heteroatoms. The van der Waals surface area contributed by atoms with E-state index >= 15 is 0 Å². The summed E-state index contributed by atoms with van der Waals surface area (Å²) < 4.78 is 34.2. The first-order valence-corrected chi connectivity index (χ1v) is 13.4. The zero-order valence-electron chi connectivity index (χ0n) is 18.8. The predicted octanol–water partition coefficient (Wildman–Crippen LogP) is 5.77. The fourth-order valence-electron chi connectivity index (χ4n) is 4.13. The first-order valence-electron chi connectivity index (χ1n) is 11.1. The van der Waals surface area contributed by atoms with Gasteiger partial charge in [0.25, 0.3) is 10.0 Å². The number of hydrogen-bond donors (Lipinski definition) is 3. The molecule has 1 fully saturated rings. The van der Waals surface area contributed by atoms with Crippen molar-refractivity contribution in [3.63, 3.8) is 0 Å². The number of ether oxygens (including phenoxy) is 1. The van der Waals surface area contributed by atoms with Crippen LogP contribution in [-0.2, 0) is 10.0 Å². The minimum Gasteiger partial charge on any atom is -0.508 e. The van der Waals surface area contributed by atoms with Crippen LogP contribution >= 0.6 is 11.3 Å². The summed E-state index contributed by atoms with van der Waals surface area (Å²) in [6.07, 6.45) is 7.36. The highest BCUT2D eigenvalue weighted by Gasteiger charge is 2.23. The van der Waals surface area contributed by atoms with Gasteiger partial charge in [0.05, 0.1) is 23.4 Å². The second-order valence-electron chi connectivity index (χ2n) is 8.29. The highest BCUT2D eigenvalue weighted by Crippen LogP contribution is 2.37. The fraction of sp³-hybridized carbons (Fsp3) is 0.375. The van der Waals surface area contributed by atoms with Crippen molar-refractivity contribution in [2.75, 3.05) is 17.1 Å². The second kappa shape index (κ2) is 10.0. The smallest absolute Gasteiger partial charge is 0.265 e. The molecule has 0 radical (unpaired) electrons. The van der Waals surface area contributed by atoms with Gasteiger partial charge in [-0.25, -0.2) is 13.4 Å². The maximum Gasteiger partial charge on any atom is 0.265 e. The molecule has 0 aliphatic heterocycles. The average Bonchev–Trinajstić information content (AvgIpc) is 2.96. The molecule has 1 saturated carbocycles. The van der Waals surface area contributed by atoms with E-state index in [-0.39, 0.29) is 22.1 Å². The fourth-order valence-corrected chi connectivity index (χ4v) is 6.42. The molecular weight excluding hydrogens is 458 g/mol. The van der Waals surface area contributed by atoms with E-state index in [4.69, 9.17) is 9.72 Å². The van der Waals surface area contributed by atoms with Crippen LogP contribution in [0, 0.1) is 6.92 Å². The molecule has 1 aliphatic carbocycles. The van der Waals surface area contributed by atoms with E-state index in [0.717, 1.165) is 34.1 Å². The summed E-state index contributed by atoms with van der Waals surface area (Å²) in [6.45, 7) is 1.94. The number of sulfonamides is 1. The topological polar surface area (TPSA) is 101 Å². The van der Waals surface area contributed by atoms with Crippen LogP contribution in [0.2, 0.25) is 0 Å². The van der Waals surface area contributed by atoms with E-state index in [1.807, 2.05) is 13.0 Å². The Morgan fingerprint density at radius 3 is 2.55 bits per heavy atom. The highest BCUT2D eigenvalue weighted by atomic mass is 32.2. The van der Waals surface area contributed by atoms with E-state index in [0.29, 0.717) is 6.04 Å². The Kier molecular flexibility index (Phi) is 7.09. The van der Waals surface area contributed by atoms with E-state index in [1.165, 1.54) is 44.9 Å². The van der Waals surface area contributed by atoms with Crippen molar-refractivity contribution < 1.29 is 18.3 Å². The molecule has 0 bridgehead atoms. The van der Waals surface area contributed by atoms with Gasteiger partial charge in [-0.05, 0) is 55.7 Å². The number of aromatic nitrogens is 1. The number of aryl methyl sites for hydroxylation is 1. The van der Waals surface area contributed by atoms with Gasteiger partial charge in [0.2, 0.25) is 0 Å². The van der Waals surface area contributed by atoms with Crippen LogP contribution in [0.25, 0.3) is 10.4 Å². The zero-order chi connectivity index (χ0) is 23.4. The number of phenolic OH excluding ortho intramolecular Hbond substituents is 1. The number of nitrogens with one attached hydrogen (secondary N) is 2. The molecule has 1 aliphatic rings. The van der Waals surface area contributed by atoms with Gasteiger partial charge in [-0.3, -0.25) is 4.72 Å². The van der Waals surface area contributed by atoms with Crippen molar-refractivity contribution >= 4 is 32.2 Å². The molecule has 0 atom stereocenters. The molecule has 0 unspecified atom stereocenters. The molecule has 3 aromatic rings. The number of methoxy groups -OCH3 is 1. The van der Waals surface area contributed by atoms with Crippen molar-refractivity contribution in [3.8, 4) is 21.9 Å². The van der Waals surface area contributed by atoms with Crippen LogP contribution in [0.1, 0.15) is 44.2 Å². The van der Waals surface area contributed by atoms with Crippen LogP contribution < -0.4 is 14.8 Å². The number of anilines is 2. The molecule has 33 heavy (non-hydrogen) atoms. The number of aromatic hydroxyl groups is 1. The molecule has 0 amide bonds. The number of benzene rings is 2. The zero-order valence-corrected chi connectivity index (χ0v) is 20.4. The summed E-state index contributed by atoms with van der Waals surface area (Å²) >= 11 is 1.54. The minimum absolute atomic E-state index is 0.0232. The van der Waals surface area contributed by atoms with Crippen molar-refractivity contribution in [1.29, 1.82) is 0 Å². The van der Waals surface area contributed by atoms with Gasteiger partial charge in [-0.1, -0.05) is 43.1 Å². The summed E-state index contributed by atoms with van der Waals surface area (Å²) in [6, 6.07) is 11.5. The quantitative estimate of drug-likeness (QED) is 0.366. The van der Waals surface area contributed by atoms with Gasteiger partial charge in [-0.2, -0.15) is 0 Å². The third kappa shape index (κ3) is 5.59. The first kappa shape index (κ1) is 23.4. The average molecular weight is 488 g/mol. The number of thiazole rings is 1. The van der Waals surface area contributed by atoms with Crippen LogP contribution in [0.15, 0.2) is 47.4 Å². The summed E-state index contributed by atoms with van der Waals surface area (Å²) in [7, 11) is -2.51. The summed E-state index contributed by atoms with van der Waals surface area (Å²) in [5.74, 6) is 0.218. The summed E-state index contributed by atoms with van der Waals surface area (Å²) in [4.78, 5) is 5.65. The molecular formula is C24H29N3O4S2. The molecule has 4 rings (SSSR count). The van der Waals surface area contributed by atoms with Crippen molar-refractivity contribution in [2.45, 2.75) is 56.4 Å². The van der Waals surface area contributed by atoms with Crippen molar-refractivity contribution in [3.05, 3.63) is 48.2 Å². The number of rotatable bonds is 7. The lowest BCUT2D eigenvalue weighted by molar-refractivity contribution is 0.403. The number of nitrogens with zero attached hydrogens (tertiary/aromatic N) is 1. The van der Waals surface area contributed by atoms with E-state index in [9.17, 15) is 13.5 Å². The Morgan fingerprint density at radius 1 is 1.09 bits per heavy atom. The van der Waals surface area contributed by atoms with Gasteiger partial charge < -0.3 is 15.2 Å². The molecule has 2 aromatic carbocycles. The van der Waals surface area contributed by atoms with Gasteiger partial charge in [-0.15, -0.1) is 0 Å². The predicted molar refractivity (Wildman–Crippen MR) is 133 cm³/mol. The molecule has 1 aromatic heterocycles. The van der Waals surface area contributed by atoms with Crippen LogP contribution in [0.3, 0.4) is 0 Å². The number of hydrogen-bond acceptors (Lipinski definition) is 7. The monoisotopic (exact) mass is 487 g/mol. The maximum atomic E-state index is 13.2. The van der Waals surface area contributed by atoms with Gasteiger partial charge in [0.1, 0.15) is 16.4 Å². The van der Waals surface area contributed by atoms with Crippen LogP contribution in [0.4, 0.5) is 10.8 Å². The SMILES string of the molecule is COc1ccc(-c2sc(NC3CCCCCC3)nc2C)cc1S(=O)(=O)Nc1cccc(O)c1. The standard InChI is InChI=1S/C24H29N3O4S2/c1-16-23(32-24(25-16)26-18-8-5-3-4-6-9-18)17-12-13-21(31-2)22(14-17)33(29,30)27-19-10-7-11-20(28)15-19/h7,10-15,18,27-28H,3-6,8-9H2,1-2H3,(H,25,26). The Hall–Kier alpha value is -2.78. The van der Waals surface area contributed by atoms with Crippen LogP contribution in [0.5, 0.6) is 11.5 Å². The first-order chi connectivity index (χ1) is 15.9.